The van der Waals surface area contributed by atoms with Crippen molar-refractivity contribution in [3.05, 3.63) is 29.3 Å². The number of hydrogen-bond acceptors (Lipinski definition) is 2. The summed E-state index contributed by atoms with van der Waals surface area (Å²) in [5.74, 6) is 1.59. The molecular weight excluding hydrogens is 210 g/mol. The first-order valence-corrected chi connectivity index (χ1v) is 6.61. The van der Waals surface area contributed by atoms with E-state index in [4.69, 9.17) is 10.5 Å². The molecule has 2 N–H and O–H groups in total. The van der Waals surface area contributed by atoms with Gasteiger partial charge in [0.15, 0.2) is 0 Å². The highest BCUT2D eigenvalue weighted by Crippen LogP contribution is 2.34. The molecule has 2 heteroatoms. The van der Waals surface area contributed by atoms with Crippen LogP contribution in [0.1, 0.15) is 49.1 Å². The van der Waals surface area contributed by atoms with E-state index in [0.29, 0.717) is 12.0 Å². The predicted octanol–water partition coefficient (Wildman–Crippen LogP) is 3.38. The summed E-state index contributed by atoms with van der Waals surface area (Å²) in [7, 11) is 1.72. The summed E-state index contributed by atoms with van der Waals surface area (Å²) in [6, 6.07) is 6.80. The van der Waals surface area contributed by atoms with Crippen molar-refractivity contribution in [1.29, 1.82) is 0 Å². The van der Waals surface area contributed by atoms with Crippen molar-refractivity contribution in [2.45, 2.75) is 51.0 Å². The third-order valence-corrected chi connectivity index (χ3v) is 3.88. The summed E-state index contributed by atoms with van der Waals surface area (Å²) >= 11 is 0. The molecule has 1 saturated carbocycles. The van der Waals surface area contributed by atoms with Gasteiger partial charge in [-0.05, 0) is 55.4 Å². The number of rotatable bonds is 2. The summed E-state index contributed by atoms with van der Waals surface area (Å²) < 4.78 is 5.26. The molecule has 2 unspecified atom stereocenters. The standard InChI is InChI=1S/C15H23NO/c1-11-9-14(17-2)7-8-15(11)12-5-3-4-6-13(16)10-12/h7-9,12-13H,3-6,10,16H2,1-2H3. The van der Waals surface area contributed by atoms with E-state index in [2.05, 4.69) is 25.1 Å². The molecule has 1 aromatic rings. The summed E-state index contributed by atoms with van der Waals surface area (Å²) in [6.45, 7) is 2.17. The van der Waals surface area contributed by atoms with Crippen LogP contribution in [0.15, 0.2) is 18.2 Å². The van der Waals surface area contributed by atoms with Crippen LogP contribution in [0.3, 0.4) is 0 Å². The van der Waals surface area contributed by atoms with Crippen molar-refractivity contribution < 1.29 is 4.74 Å². The van der Waals surface area contributed by atoms with Crippen molar-refractivity contribution in [3.8, 4) is 5.75 Å². The van der Waals surface area contributed by atoms with Gasteiger partial charge in [0, 0.05) is 6.04 Å². The van der Waals surface area contributed by atoms with Gasteiger partial charge >= 0.3 is 0 Å². The van der Waals surface area contributed by atoms with Crippen LogP contribution in [0.5, 0.6) is 5.75 Å². The van der Waals surface area contributed by atoms with E-state index in [1.807, 2.05) is 0 Å². The summed E-state index contributed by atoms with van der Waals surface area (Å²) in [6.07, 6.45) is 6.19. The summed E-state index contributed by atoms with van der Waals surface area (Å²) in [5.41, 5.74) is 8.94. The number of hydrogen-bond donors (Lipinski definition) is 1. The first-order valence-electron chi connectivity index (χ1n) is 6.61. The van der Waals surface area contributed by atoms with Crippen LogP contribution in [0.2, 0.25) is 0 Å². The largest absolute Gasteiger partial charge is 0.497 e. The molecule has 2 rings (SSSR count). The Morgan fingerprint density at radius 2 is 2.00 bits per heavy atom. The van der Waals surface area contributed by atoms with Gasteiger partial charge in [0.25, 0.3) is 0 Å². The van der Waals surface area contributed by atoms with Gasteiger partial charge in [-0.3, -0.25) is 0 Å². The monoisotopic (exact) mass is 233 g/mol. The van der Waals surface area contributed by atoms with E-state index in [1.54, 1.807) is 7.11 Å². The average molecular weight is 233 g/mol. The van der Waals surface area contributed by atoms with Gasteiger partial charge in [0.05, 0.1) is 7.11 Å². The van der Waals surface area contributed by atoms with Gasteiger partial charge in [-0.15, -0.1) is 0 Å². The van der Waals surface area contributed by atoms with Crippen LogP contribution in [0, 0.1) is 6.92 Å². The van der Waals surface area contributed by atoms with Crippen molar-refractivity contribution in [2.24, 2.45) is 5.73 Å². The fourth-order valence-corrected chi connectivity index (χ4v) is 2.91. The van der Waals surface area contributed by atoms with Gasteiger partial charge in [-0.25, -0.2) is 0 Å². The summed E-state index contributed by atoms with van der Waals surface area (Å²) in [5, 5.41) is 0. The molecule has 0 aromatic heterocycles. The van der Waals surface area contributed by atoms with E-state index in [9.17, 15) is 0 Å². The number of methoxy groups -OCH3 is 1. The predicted molar refractivity (Wildman–Crippen MR) is 71.5 cm³/mol. The lowest BCUT2D eigenvalue weighted by Gasteiger charge is -2.20. The number of nitrogens with two attached hydrogens (primary N) is 1. The van der Waals surface area contributed by atoms with Crippen LogP contribution < -0.4 is 10.5 Å². The molecule has 2 nitrogen and oxygen atoms in total. The molecule has 1 aromatic carbocycles. The Balaban J connectivity index is 2.20. The van der Waals surface area contributed by atoms with Crippen LogP contribution >= 0.6 is 0 Å². The van der Waals surface area contributed by atoms with Crippen molar-refractivity contribution >= 4 is 0 Å². The molecule has 94 valence electrons. The third-order valence-electron chi connectivity index (χ3n) is 3.88. The molecule has 1 aliphatic rings. The highest BCUT2D eigenvalue weighted by atomic mass is 16.5. The van der Waals surface area contributed by atoms with E-state index >= 15 is 0 Å². The molecule has 0 amide bonds. The average Bonchev–Trinajstić information content (AvgIpc) is 2.53. The Morgan fingerprint density at radius 3 is 2.71 bits per heavy atom. The Labute approximate surface area is 104 Å². The number of ether oxygens (including phenoxy) is 1. The molecule has 0 aliphatic heterocycles. The Hall–Kier alpha value is -1.02. The molecule has 1 aliphatic carbocycles. The maximum atomic E-state index is 6.14. The first-order chi connectivity index (χ1) is 8.20. The SMILES string of the molecule is COc1ccc(C2CCCCC(N)C2)c(C)c1. The van der Waals surface area contributed by atoms with Gasteiger partial charge in [-0.1, -0.05) is 18.9 Å². The molecule has 0 heterocycles. The fourth-order valence-electron chi connectivity index (χ4n) is 2.91. The Kier molecular flexibility index (Phi) is 4.06. The van der Waals surface area contributed by atoms with E-state index in [0.717, 1.165) is 12.2 Å². The molecule has 1 fully saturated rings. The van der Waals surface area contributed by atoms with Crippen molar-refractivity contribution in [1.82, 2.24) is 0 Å². The van der Waals surface area contributed by atoms with Gasteiger partial charge in [0.1, 0.15) is 5.75 Å². The van der Waals surface area contributed by atoms with E-state index in [1.165, 1.54) is 36.8 Å². The molecule has 0 saturated heterocycles. The topological polar surface area (TPSA) is 35.2 Å². The van der Waals surface area contributed by atoms with Crippen molar-refractivity contribution in [2.75, 3.05) is 7.11 Å². The van der Waals surface area contributed by atoms with Crippen LogP contribution in [-0.2, 0) is 0 Å². The minimum Gasteiger partial charge on any atom is -0.497 e. The minimum absolute atomic E-state index is 0.379. The maximum Gasteiger partial charge on any atom is 0.119 e. The molecule has 2 atom stereocenters. The maximum absolute atomic E-state index is 6.14. The molecule has 0 spiro atoms. The Morgan fingerprint density at radius 1 is 1.24 bits per heavy atom. The highest BCUT2D eigenvalue weighted by molar-refractivity contribution is 5.37. The second-order valence-corrected chi connectivity index (χ2v) is 5.20. The zero-order chi connectivity index (χ0) is 12.3. The molecular formula is C15H23NO. The number of benzene rings is 1. The quantitative estimate of drug-likeness (QED) is 0.795. The van der Waals surface area contributed by atoms with Crippen molar-refractivity contribution in [3.63, 3.8) is 0 Å². The van der Waals surface area contributed by atoms with Crippen LogP contribution in [0.25, 0.3) is 0 Å². The molecule has 17 heavy (non-hydrogen) atoms. The van der Waals surface area contributed by atoms with Gasteiger partial charge < -0.3 is 10.5 Å². The van der Waals surface area contributed by atoms with E-state index in [-0.39, 0.29) is 0 Å². The third kappa shape index (κ3) is 3.01. The molecule has 0 bridgehead atoms. The van der Waals surface area contributed by atoms with E-state index < -0.39 is 0 Å². The normalized spacial score (nSPS) is 25.4. The lowest BCUT2D eigenvalue weighted by molar-refractivity contribution is 0.414. The lowest BCUT2D eigenvalue weighted by atomic mass is 9.88. The van der Waals surface area contributed by atoms with Crippen LogP contribution in [0.4, 0.5) is 0 Å². The summed E-state index contributed by atoms with van der Waals surface area (Å²) in [4.78, 5) is 0. The smallest absolute Gasteiger partial charge is 0.119 e. The van der Waals surface area contributed by atoms with Crippen LogP contribution in [-0.4, -0.2) is 13.2 Å². The molecule has 0 radical (unpaired) electrons. The highest BCUT2D eigenvalue weighted by Gasteiger charge is 2.20. The number of aryl methyl sites for hydroxylation is 1. The Bertz CT molecular complexity index is 375. The zero-order valence-corrected chi connectivity index (χ0v) is 10.9. The minimum atomic E-state index is 0.379. The second kappa shape index (κ2) is 5.54. The van der Waals surface area contributed by atoms with Gasteiger partial charge in [0.2, 0.25) is 0 Å². The first kappa shape index (κ1) is 12.4. The lowest BCUT2D eigenvalue weighted by Crippen LogP contribution is -2.21. The second-order valence-electron chi connectivity index (χ2n) is 5.20. The fraction of sp³-hybridized carbons (Fsp3) is 0.600. The van der Waals surface area contributed by atoms with Gasteiger partial charge in [-0.2, -0.15) is 0 Å². The zero-order valence-electron chi connectivity index (χ0n) is 10.9.